The number of carbonyl (C=O) groups excluding carboxylic acids is 1. The van der Waals surface area contributed by atoms with Gasteiger partial charge in [-0.2, -0.15) is 13.2 Å². The minimum atomic E-state index is -5.08. The highest BCUT2D eigenvalue weighted by atomic mass is 32.1. The highest BCUT2D eigenvalue weighted by molar-refractivity contribution is 7.13. The summed E-state index contributed by atoms with van der Waals surface area (Å²) in [5.41, 5.74) is 1.88. The first-order chi connectivity index (χ1) is 13.7. The molecule has 1 aromatic rings. The third kappa shape index (κ3) is 6.01. The molecule has 1 amide bonds. The number of halogens is 3. The van der Waals surface area contributed by atoms with Crippen molar-refractivity contribution in [3.8, 4) is 0 Å². The molecule has 1 aromatic heterocycles. The van der Waals surface area contributed by atoms with Gasteiger partial charge in [-0.3, -0.25) is 4.79 Å². The van der Waals surface area contributed by atoms with Crippen LogP contribution in [0.4, 0.5) is 18.3 Å². The molecular weight excluding hydrogens is 413 g/mol. The van der Waals surface area contributed by atoms with Crippen molar-refractivity contribution in [2.24, 2.45) is 11.3 Å². The SMILES string of the molecule is O=C(NCC1CC1)C1CC2(CCCN(c3nncs3)C2)CO1.O=C(O)C(F)(F)F. The number of piperidine rings is 1. The zero-order chi connectivity index (χ0) is 21.1. The Morgan fingerprint density at radius 1 is 1.41 bits per heavy atom. The number of nitrogens with one attached hydrogen (secondary N) is 1. The molecule has 4 rings (SSSR count). The number of carbonyl (C=O) groups is 2. The van der Waals surface area contributed by atoms with E-state index in [4.69, 9.17) is 14.6 Å². The van der Waals surface area contributed by atoms with Crippen LogP contribution in [-0.4, -0.2) is 65.7 Å². The van der Waals surface area contributed by atoms with Gasteiger partial charge in [0, 0.05) is 25.0 Å². The summed E-state index contributed by atoms with van der Waals surface area (Å²) in [5, 5.41) is 19.3. The summed E-state index contributed by atoms with van der Waals surface area (Å²) in [6, 6.07) is 0. The van der Waals surface area contributed by atoms with E-state index in [0.29, 0.717) is 12.5 Å². The second kappa shape index (κ2) is 8.82. The predicted octanol–water partition coefficient (Wildman–Crippen LogP) is 2.07. The summed E-state index contributed by atoms with van der Waals surface area (Å²) in [6.07, 6.45) is 0.250. The molecule has 8 nitrogen and oxygen atoms in total. The number of aliphatic carboxylic acids is 1. The van der Waals surface area contributed by atoms with E-state index >= 15 is 0 Å². The van der Waals surface area contributed by atoms with Crippen molar-refractivity contribution in [3.63, 3.8) is 0 Å². The van der Waals surface area contributed by atoms with Crippen LogP contribution in [0.15, 0.2) is 5.51 Å². The van der Waals surface area contributed by atoms with E-state index in [-0.39, 0.29) is 17.4 Å². The number of ether oxygens (including phenoxy) is 1. The molecular formula is C17H23F3N4O4S. The monoisotopic (exact) mass is 436 g/mol. The van der Waals surface area contributed by atoms with Gasteiger partial charge >= 0.3 is 12.1 Å². The van der Waals surface area contributed by atoms with Crippen molar-refractivity contribution in [2.75, 3.05) is 31.1 Å². The number of hydrogen-bond donors (Lipinski definition) is 2. The van der Waals surface area contributed by atoms with Gasteiger partial charge in [0.2, 0.25) is 11.0 Å². The Hall–Kier alpha value is -1.95. The molecule has 2 atom stereocenters. The van der Waals surface area contributed by atoms with Gasteiger partial charge < -0.3 is 20.1 Å². The molecule has 3 heterocycles. The molecule has 1 aliphatic carbocycles. The van der Waals surface area contributed by atoms with Gasteiger partial charge in [0.1, 0.15) is 11.6 Å². The Morgan fingerprint density at radius 3 is 2.72 bits per heavy atom. The van der Waals surface area contributed by atoms with Crippen LogP contribution in [0.3, 0.4) is 0 Å². The van der Waals surface area contributed by atoms with Gasteiger partial charge in [-0.1, -0.05) is 11.3 Å². The number of hydrogen-bond acceptors (Lipinski definition) is 7. The molecule has 1 spiro atoms. The molecule has 2 N–H and O–H groups in total. The Labute approximate surface area is 169 Å². The zero-order valence-corrected chi connectivity index (χ0v) is 16.5. The van der Waals surface area contributed by atoms with Gasteiger partial charge in [0.25, 0.3) is 0 Å². The number of alkyl halides is 3. The van der Waals surface area contributed by atoms with Crippen LogP contribution >= 0.6 is 11.3 Å². The lowest BCUT2D eigenvalue weighted by Crippen LogP contribution is -2.44. The normalized spacial score (nSPS) is 26.7. The molecule has 29 heavy (non-hydrogen) atoms. The lowest BCUT2D eigenvalue weighted by molar-refractivity contribution is -0.192. The van der Waals surface area contributed by atoms with Crippen molar-refractivity contribution in [1.29, 1.82) is 0 Å². The summed E-state index contributed by atoms with van der Waals surface area (Å²) in [6.45, 7) is 3.45. The van der Waals surface area contributed by atoms with Gasteiger partial charge in [-0.15, -0.1) is 10.2 Å². The maximum Gasteiger partial charge on any atom is 0.490 e. The van der Waals surface area contributed by atoms with E-state index in [0.717, 1.165) is 44.0 Å². The highest BCUT2D eigenvalue weighted by Gasteiger charge is 2.46. The Balaban J connectivity index is 0.000000298. The van der Waals surface area contributed by atoms with E-state index in [1.165, 1.54) is 12.8 Å². The molecule has 3 aliphatic rings. The molecule has 1 saturated carbocycles. The average molecular weight is 436 g/mol. The summed E-state index contributed by atoms with van der Waals surface area (Å²) in [5.74, 6) is -1.97. The summed E-state index contributed by atoms with van der Waals surface area (Å²) < 4.78 is 37.6. The first-order valence-electron chi connectivity index (χ1n) is 9.39. The molecule has 0 radical (unpaired) electrons. The van der Waals surface area contributed by atoms with E-state index in [1.807, 2.05) is 0 Å². The van der Waals surface area contributed by atoms with Crippen molar-refractivity contribution < 1.29 is 32.6 Å². The van der Waals surface area contributed by atoms with Gasteiger partial charge in [-0.05, 0) is 38.0 Å². The molecule has 2 aliphatic heterocycles. The Bertz CT molecular complexity index is 714. The van der Waals surface area contributed by atoms with E-state index < -0.39 is 12.1 Å². The summed E-state index contributed by atoms with van der Waals surface area (Å²) >= 11 is 1.58. The van der Waals surface area contributed by atoms with Crippen LogP contribution < -0.4 is 10.2 Å². The summed E-state index contributed by atoms with van der Waals surface area (Å²) in [7, 11) is 0. The summed E-state index contributed by atoms with van der Waals surface area (Å²) in [4.78, 5) is 23.4. The standard InChI is InChI=1S/C15H22N4O2S.C2HF3O2/c20-13(16-7-11-2-3-11)12-6-15(9-21-12)4-1-5-19(8-15)14-18-17-10-22-14;3-2(4,5)1(6)7/h10-12H,1-9H2,(H,16,20);(H,6,7). The zero-order valence-electron chi connectivity index (χ0n) is 15.7. The Kier molecular flexibility index (Phi) is 6.62. The van der Waals surface area contributed by atoms with E-state index in [1.54, 1.807) is 16.8 Å². The third-order valence-electron chi connectivity index (χ3n) is 5.29. The first kappa shape index (κ1) is 21.8. The van der Waals surface area contributed by atoms with Crippen LogP contribution in [0.5, 0.6) is 0 Å². The minimum Gasteiger partial charge on any atom is -0.475 e. The maximum absolute atomic E-state index is 12.2. The molecule has 162 valence electrons. The van der Waals surface area contributed by atoms with Crippen LogP contribution in [0.1, 0.15) is 32.1 Å². The quantitative estimate of drug-likeness (QED) is 0.745. The van der Waals surface area contributed by atoms with Crippen molar-refractivity contribution in [3.05, 3.63) is 5.51 Å². The third-order valence-corrected chi connectivity index (χ3v) is 6.04. The van der Waals surface area contributed by atoms with Crippen LogP contribution in [0.2, 0.25) is 0 Å². The van der Waals surface area contributed by atoms with Gasteiger partial charge in [-0.25, -0.2) is 4.79 Å². The second-order valence-corrected chi connectivity index (χ2v) is 8.55. The molecule has 3 fully saturated rings. The van der Waals surface area contributed by atoms with Crippen molar-refractivity contribution in [2.45, 2.75) is 44.4 Å². The number of aromatic nitrogens is 2. The topological polar surface area (TPSA) is 105 Å². The van der Waals surface area contributed by atoms with E-state index in [2.05, 4.69) is 20.4 Å². The lowest BCUT2D eigenvalue weighted by atomic mass is 9.78. The number of carboxylic acid groups (broad SMARTS) is 1. The number of nitrogens with zero attached hydrogens (tertiary/aromatic N) is 3. The fourth-order valence-electron chi connectivity index (χ4n) is 3.60. The van der Waals surface area contributed by atoms with Crippen LogP contribution in [-0.2, 0) is 14.3 Å². The van der Waals surface area contributed by atoms with E-state index in [9.17, 15) is 18.0 Å². The highest BCUT2D eigenvalue weighted by Crippen LogP contribution is 2.42. The van der Waals surface area contributed by atoms with Crippen LogP contribution in [0.25, 0.3) is 0 Å². The maximum atomic E-state index is 12.2. The van der Waals surface area contributed by atoms with Crippen molar-refractivity contribution >= 4 is 28.3 Å². The molecule has 12 heteroatoms. The smallest absolute Gasteiger partial charge is 0.475 e. The number of amides is 1. The molecule has 2 saturated heterocycles. The molecule has 2 unspecified atom stereocenters. The average Bonchev–Trinajstić information content (AvgIpc) is 3.15. The fraction of sp³-hybridized carbons (Fsp3) is 0.765. The number of rotatable bonds is 4. The van der Waals surface area contributed by atoms with Gasteiger partial charge in [0.05, 0.1) is 6.61 Å². The number of carboxylic acids is 1. The fourth-order valence-corrected chi connectivity index (χ4v) is 4.19. The first-order valence-corrected chi connectivity index (χ1v) is 10.3. The Morgan fingerprint density at radius 2 is 2.14 bits per heavy atom. The largest absolute Gasteiger partial charge is 0.490 e. The lowest BCUT2D eigenvalue weighted by Gasteiger charge is -2.39. The molecule has 0 bridgehead atoms. The number of anilines is 1. The van der Waals surface area contributed by atoms with Crippen LogP contribution in [0, 0.1) is 11.3 Å². The molecule has 0 aromatic carbocycles. The van der Waals surface area contributed by atoms with Gasteiger partial charge in [0.15, 0.2) is 0 Å². The predicted molar refractivity (Wildman–Crippen MR) is 97.6 cm³/mol. The minimum absolute atomic E-state index is 0.0804. The second-order valence-electron chi connectivity index (χ2n) is 7.74. The van der Waals surface area contributed by atoms with Crippen molar-refractivity contribution in [1.82, 2.24) is 15.5 Å².